The molecule has 7 heteroatoms. The van der Waals surface area contributed by atoms with Crippen LogP contribution in [0, 0.1) is 19.8 Å². The number of thiazole rings is 1. The Morgan fingerprint density at radius 2 is 1.97 bits per heavy atom. The van der Waals surface area contributed by atoms with Crippen LogP contribution in [0.15, 0.2) is 48.5 Å². The normalized spacial score (nSPS) is 16.3. The summed E-state index contributed by atoms with van der Waals surface area (Å²) in [5.74, 6) is -0.620. The maximum Gasteiger partial charge on any atom is 0.231 e. The number of amides is 2. The maximum atomic E-state index is 12.8. The van der Waals surface area contributed by atoms with Crippen LogP contribution in [-0.4, -0.2) is 23.3 Å². The molecule has 3 aromatic rings. The van der Waals surface area contributed by atoms with Crippen molar-refractivity contribution in [1.82, 2.24) is 4.98 Å². The van der Waals surface area contributed by atoms with Gasteiger partial charge in [-0.3, -0.25) is 9.59 Å². The molecule has 1 aliphatic heterocycles. The molecule has 1 N–H and O–H groups in total. The Bertz CT molecular complexity index is 1080. The van der Waals surface area contributed by atoms with Gasteiger partial charge in [0.25, 0.3) is 0 Å². The van der Waals surface area contributed by atoms with E-state index in [9.17, 15) is 9.59 Å². The number of benzene rings is 2. The van der Waals surface area contributed by atoms with Crippen LogP contribution in [0.1, 0.15) is 16.9 Å². The van der Waals surface area contributed by atoms with E-state index < -0.39 is 5.92 Å². The fourth-order valence-corrected chi connectivity index (χ4v) is 4.45. The molecule has 1 aromatic heterocycles. The van der Waals surface area contributed by atoms with E-state index in [1.54, 1.807) is 4.90 Å². The predicted octanol–water partition coefficient (Wildman–Crippen LogP) is 5.07. The van der Waals surface area contributed by atoms with Crippen LogP contribution in [0.25, 0.3) is 11.3 Å². The van der Waals surface area contributed by atoms with Gasteiger partial charge in [0.2, 0.25) is 11.8 Å². The summed E-state index contributed by atoms with van der Waals surface area (Å²) in [6.07, 6.45) is 0.200. The number of carbonyl (C=O) groups excluding carboxylic acids is 2. The molecule has 1 aliphatic rings. The van der Waals surface area contributed by atoms with Crippen LogP contribution >= 0.6 is 22.9 Å². The second kappa shape index (κ2) is 7.97. The third-order valence-electron chi connectivity index (χ3n) is 4.97. The summed E-state index contributed by atoms with van der Waals surface area (Å²) in [6.45, 7) is 4.33. The molecule has 29 heavy (non-hydrogen) atoms. The third kappa shape index (κ3) is 4.18. The van der Waals surface area contributed by atoms with Gasteiger partial charge in [0.05, 0.1) is 11.6 Å². The highest BCUT2D eigenvalue weighted by Gasteiger charge is 2.35. The van der Waals surface area contributed by atoms with Crippen LogP contribution < -0.4 is 10.2 Å². The topological polar surface area (TPSA) is 62.3 Å². The zero-order chi connectivity index (χ0) is 20.5. The lowest BCUT2D eigenvalue weighted by Gasteiger charge is -2.16. The molecule has 1 atom stereocenters. The number of hydrogen-bond acceptors (Lipinski definition) is 4. The number of nitrogens with zero attached hydrogens (tertiary/aromatic N) is 2. The number of nitrogens with one attached hydrogen (secondary N) is 1. The van der Waals surface area contributed by atoms with E-state index in [1.165, 1.54) is 11.3 Å². The monoisotopic (exact) mass is 425 g/mol. The van der Waals surface area contributed by atoms with Crippen molar-refractivity contribution in [2.45, 2.75) is 20.3 Å². The largest absolute Gasteiger partial charge is 0.312 e. The van der Waals surface area contributed by atoms with E-state index >= 15 is 0 Å². The first-order valence-electron chi connectivity index (χ1n) is 9.32. The van der Waals surface area contributed by atoms with Gasteiger partial charge in [0.1, 0.15) is 0 Å². The van der Waals surface area contributed by atoms with Crippen LogP contribution in [-0.2, 0) is 9.59 Å². The lowest BCUT2D eigenvalue weighted by Crippen LogP contribution is -2.28. The zero-order valence-corrected chi connectivity index (χ0v) is 17.7. The van der Waals surface area contributed by atoms with Crippen molar-refractivity contribution in [3.63, 3.8) is 0 Å². The molecule has 148 valence electrons. The minimum absolute atomic E-state index is 0.0380. The highest BCUT2D eigenvalue weighted by molar-refractivity contribution is 7.16. The molecule has 5 nitrogen and oxygen atoms in total. The van der Waals surface area contributed by atoms with E-state index in [4.69, 9.17) is 11.6 Å². The van der Waals surface area contributed by atoms with E-state index in [0.717, 1.165) is 27.4 Å². The average Bonchev–Trinajstić information content (AvgIpc) is 3.25. The summed E-state index contributed by atoms with van der Waals surface area (Å²) < 4.78 is 0. The quantitative estimate of drug-likeness (QED) is 0.634. The second-order valence-electron chi connectivity index (χ2n) is 7.16. The van der Waals surface area contributed by atoms with Crippen LogP contribution in [0.4, 0.5) is 10.8 Å². The molecular weight excluding hydrogens is 406 g/mol. The third-order valence-corrected chi connectivity index (χ3v) is 6.09. The van der Waals surface area contributed by atoms with Gasteiger partial charge in [-0.1, -0.05) is 41.4 Å². The van der Waals surface area contributed by atoms with Gasteiger partial charge in [-0.05, 0) is 38.1 Å². The highest BCUT2D eigenvalue weighted by atomic mass is 35.5. The van der Waals surface area contributed by atoms with E-state index in [0.29, 0.717) is 16.7 Å². The van der Waals surface area contributed by atoms with Crippen molar-refractivity contribution in [2.24, 2.45) is 5.92 Å². The van der Waals surface area contributed by atoms with E-state index in [1.807, 2.05) is 62.4 Å². The Labute approximate surface area is 178 Å². The molecule has 1 fully saturated rings. The number of aromatic nitrogens is 1. The Hall–Kier alpha value is -2.70. The number of anilines is 2. The summed E-state index contributed by atoms with van der Waals surface area (Å²) in [4.78, 5) is 32.4. The molecule has 2 aromatic carbocycles. The van der Waals surface area contributed by atoms with Crippen molar-refractivity contribution >= 4 is 45.6 Å². The average molecular weight is 426 g/mol. The van der Waals surface area contributed by atoms with Gasteiger partial charge in [-0.25, -0.2) is 4.98 Å². The summed E-state index contributed by atoms with van der Waals surface area (Å²) in [6, 6.07) is 15.2. The van der Waals surface area contributed by atoms with Gasteiger partial charge >= 0.3 is 0 Å². The van der Waals surface area contributed by atoms with Gasteiger partial charge in [-0.2, -0.15) is 0 Å². The number of carbonyl (C=O) groups is 2. The van der Waals surface area contributed by atoms with Gasteiger partial charge in [-0.15, -0.1) is 11.3 Å². The second-order valence-corrected chi connectivity index (χ2v) is 8.80. The SMILES string of the molecule is Cc1ccc(N2C[C@H](C(=O)Nc3nc(-c4cccc(Cl)c4)c(C)s3)CC2=O)cc1. The van der Waals surface area contributed by atoms with Crippen LogP contribution in [0.5, 0.6) is 0 Å². The van der Waals surface area contributed by atoms with Crippen molar-refractivity contribution in [2.75, 3.05) is 16.8 Å². The molecule has 2 amide bonds. The van der Waals surface area contributed by atoms with Crippen molar-refractivity contribution in [1.29, 1.82) is 0 Å². The molecule has 4 rings (SSSR count). The predicted molar refractivity (Wildman–Crippen MR) is 118 cm³/mol. The number of aryl methyl sites for hydroxylation is 2. The Kier molecular flexibility index (Phi) is 5.39. The van der Waals surface area contributed by atoms with Crippen LogP contribution in [0.3, 0.4) is 0 Å². The first-order chi connectivity index (χ1) is 13.9. The molecule has 0 radical (unpaired) electrons. The fraction of sp³-hybridized carbons (Fsp3) is 0.227. The fourth-order valence-electron chi connectivity index (χ4n) is 3.42. The van der Waals surface area contributed by atoms with Crippen LogP contribution in [0.2, 0.25) is 5.02 Å². The Balaban J connectivity index is 1.47. The van der Waals surface area contributed by atoms with Crippen molar-refractivity contribution in [3.8, 4) is 11.3 Å². The molecular formula is C22H20ClN3O2S. The molecule has 0 bridgehead atoms. The number of hydrogen-bond donors (Lipinski definition) is 1. The smallest absolute Gasteiger partial charge is 0.231 e. The molecule has 1 saturated heterocycles. The zero-order valence-electron chi connectivity index (χ0n) is 16.1. The molecule has 0 saturated carbocycles. The summed E-state index contributed by atoms with van der Waals surface area (Å²) >= 11 is 7.50. The molecule has 0 aliphatic carbocycles. The lowest BCUT2D eigenvalue weighted by molar-refractivity contribution is -0.122. The van der Waals surface area contributed by atoms with Crippen molar-refractivity contribution in [3.05, 3.63) is 64.0 Å². The standard InChI is InChI=1S/C22H20ClN3O2S/c1-13-6-8-18(9-7-13)26-12-16(11-19(26)27)21(28)25-22-24-20(14(2)29-22)15-4-3-5-17(23)10-15/h3-10,16H,11-12H2,1-2H3,(H,24,25,28)/t16-/m1/s1. The summed E-state index contributed by atoms with van der Waals surface area (Å²) in [7, 11) is 0. The first kappa shape index (κ1) is 19.6. The first-order valence-corrected chi connectivity index (χ1v) is 10.5. The van der Waals surface area contributed by atoms with Gasteiger partial charge in [0.15, 0.2) is 5.13 Å². The molecule has 0 unspecified atom stereocenters. The highest BCUT2D eigenvalue weighted by Crippen LogP contribution is 2.32. The van der Waals surface area contributed by atoms with E-state index in [2.05, 4.69) is 10.3 Å². The number of halogens is 1. The lowest BCUT2D eigenvalue weighted by atomic mass is 10.1. The minimum Gasteiger partial charge on any atom is -0.312 e. The maximum absolute atomic E-state index is 12.8. The summed E-state index contributed by atoms with van der Waals surface area (Å²) in [5, 5.41) is 4.06. The van der Waals surface area contributed by atoms with E-state index in [-0.39, 0.29) is 18.2 Å². The number of rotatable bonds is 4. The van der Waals surface area contributed by atoms with Gasteiger partial charge in [0, 0.05) is 34.1 Å². The summed E-state index contributed by atoms with van der Waals surface area (Å²) in [5.41, 5.74) is 3.67. The Morgan fingerprint density at radius 3 is 2.69 bits per heavy atom. The Morgan fingerprint density at radius 1 is 1.21 bits per heavy atom. The van der Waals surface area contributed by atoms with Crippen molar-refractivity contribution < 1.29 is 9.59 Å². The molecule has 2 heterocycles. The van der Waals surface area contributed by atoms with Gasteiger partial charge < -0.3 is 10.2 Å². The minimum atomic E-state index is -0.400. The molecule has 0 spiro atoms.